The maximum atomic E-state index is 10.2. The van der Waals surface area contributed by atoms with Gasteiger partial charge in [-0.05, 0) is 79.8 Å². The first-order valence-electron chi connectivity index (χ1n) is 9.48. The summed E-state index contributed by atoms with van der Waals surface area (Å²) in [5.41, 5.74) is 6.38. The molecule has 0 amide bonds. The summed E-state index contributed by atoms with van der Waals surface area (Å²) in [7, 11) is 0. The van der Waals surface area contributed by atoms with Crippen LogP contribution in [0, 0.1) is 33.6 Å². The fourth-order valence-corrected chi connectivity index (χ4v) is 4.54. The second kappa shape index (κ2) is 7.11. The number of aryl methyl sites for hydroxylation is 4. The molecule has 2 aromatic carbocycles. The molecule has 2 nitrogen and oxygen atoms in total. The van der Waals surface area contributed by atoms with Gasteiger partial charge in [-0.15, -0.1) is 0 Å². The minimum Gasteiger partial charge on any atom is -0.507 e. The van der Waals surface area contributed by atoms with E-state index in [4.69, 9.17) is 0 Å². The molecule has 0 radical (unpaired) electrons. The molecule has 0 saturated heterocycles. The zero-order valence-corrected chi connectivity index (χ0v) is 15.9. The van der Waals surface area contributed by atoms with Gasteiger partial charge in [0.25, 0.3) is 0 Å². The van der Waals surface area contributed by atoms with Gasteiger partial charge in [0.2, 0.25) is 0 Å². The van der Waals surface area contributed by atoms with Crippen LogP contribution in [0.15, 0.2) is 24.3 Å². The summed E-state index contributed by atoms with van der Waals surface area (Å²) in [5.74, 6) is 1.77. The van der Waals surface area contributed by atoms with E-state index in [0.29, 0.717) is 23.3 Å². The van der Waals surface area contributed by atoms with Gasteiger partial charge < -0.3 is 10.2 Å². The molecule has 0 aliphatic heterocycles. The minimum absolute atomic E-state index is 0.330. The maximum absolute atomic E-state index is 10.2. The average molecular weight is 338 g/mol. The third-order valence-corrected chi connectivity index (χ3v) is 5.87. The molecule has 0 aromatic heterocycles. The Hall–Kier alpha value is -1.96. The molecule has 1 fully saturated rings. The number of rotatable bonds is 3. The monoisotopic (exact) mass is 338 g/mol. The van der Waals surface area contributed by atoms with Gasteiger partial charge in [-0.1, -0.05) is 43.5 Å². The molecule has 0 heterocycles. The lowest BCUT2D eigenvalue weighted by Gasteiger charge is -2.32. The predicted molar refractivity (Wildman–Crippen MR) is 104 cm³/mol. The Labute approximate surface area is 151 Å². The fraction of sp³-hybridized carbons (Fsp3) is 0.478. The van der Waals surface area contributed by atoms with Crippen molar-refractivity contribution in [1.29, 1.82) is 0 Å². The molecular formula is C23H30O2. The summed E-state index contributed by atoms with van der Waals surface area (Å²) in [4.78, 5) is 0. The van der Waals surface area contributed by atoms with Crippen LogP contribution >= 0.6 is 0 Å². The zero-order chi connectivity index (χ0) is 18.1. The minimum atomic E-state index is 0.330. The van der Waals surface area contributed by atoms with Crippen LogP contribution in [0.3, 0.4) is 0 Å². The molecule has 1 saturated carbocycles. The van der Waals surface area contributed by atoms with Crippen LogP contribution in [0.1, 0.15) is 71.4 Å². The maximum Gasteiger partial charge on any atom is 0.121 e. The van der Waals surface area contributed by atoms with E-state index in [2.05, 4.69) is 24.3 Å². The van der Waals surface area contributed by atoms with Crippen molar-refractivity contribution in [1.82, 2.24) is 0 Å². The Kier molecular flexibility index (Phi) is 5.08. The van der Waals surface area contributed by atoms with Crippen molar-refractivity contribution in [3.8, 4) is 11.5 Å². The smallest absolute Gasteiger partial charge is 0.121 e. The van der Waals surface area contributed by atoms with Crippen LogP contribution < -0.4 is 0 Å². The highest BCUT2D eigenvalue weighted by Gasteiger charge is 2.28. The van der Waals surface area contributed by atoms with Crippen LogP contribution in [0.25, 0.3) is 0 Å². The first-order chi connectivity index (χ1) is 11.9. The van der Waals surface area contributed by atoms with E-state index in [1.54, 1.807) is 0 Å². The Morgan fingerprint density at radius 1 is 0.680 bits per heavy atom. The van der Waals surface area contributed by atoms with Crippen LogP contribution in [0.2, 0.25) is 0 Å². The van der Waals surface area contributed by atoms with Crippen molar-refractivity contribution in [2.75, 3.05) is 0 Å². The summed E-state index contributed by atoms with van der Waals surface area (Å²) in [6.45, 7) is 7.93. The summed E-state index contributed by atoms with van der Waals surface area (Å²) >= 11 is 0. The number of phenols is 2. The molecule has 1 aliphatic carbocycles. The highest BCUT2D eigenvalue weighted by atomic mass is 16.3. The highest BCUT2D eigenvalue weighted by molar-refractivity contribution is 5.49. The number of aromatic hydroxyl groups is 2. The first kappa shape index (κ1) is 17.8. The zero-order valence-electron chi connectivity index (χ0n) is 15.9. The van der Waals surface area contributed by atoms with Gasteiger partial charge in [0, 0.05) is 5.92 Å². The molecule has 0 atom stereocenters. The molecule has 0 unspecified atom stereocenters. The Balaban J connectivity index is 2.13. The summed E-state index contributed by atoms with van der Waals surface area (Å²) in [6.07, 6.45) is 6.44. The molecule has 2 N–H and O–H groups in total. The number of hydrogen-bond donors (Lipinski definition) is 2. The summed E-state index contributed by atoms with van der Waals surface area (Å²) in [5, 5.41) is 20.4. The van der Waals surface area contributed by atoms with Gasteiger partial charge in [-0.25, -0.2) is 0 Å². The Morgan fingerprint density at radius 3 is 1.40 bits per heavy atom. The highest BCUT2D eigenvalue weighted by Crippen LogP contribution is 2.43. The first-order valence-corrected chi connectivity index (χ1v) is 9.48. The lowest BCUT2D eigenvalue weighted by atomic mass is 9.72. The third kappa shape index (κ3) is 3.53. The van der Waals surface area contributed by atoms with Gasteiger partial charge in [0.15, 0.2) is 0 Å². The fourth-order valence-electron chi connectivity index (χ4n) is 4.54. The van der Waals surface area contributed by atoms with Gasteiger partial charge in [0.1, 0.15) is 11.5 Å². The molecule has 2 heteroatoms. The van der Waals surface area contributed by atoms with Crippen molar-refractivity contribution in [2.24, 2.45) is 5.92 Å². The van der Waals surface area contributed by atoms with Crippen molar-refractivity contribution in [2.45, 2.75) is 65.7 Å². The number of benzene rings is 2. The van der Waals surface area contributed by atoms with Crippen LogP contribution in [0.5, 0.6) is 11.5 Å². The van der Waals surface area contributed by atoms with E-state index in [1.165, 1.54) is 43.2 Å². The third-order valence-electron chi connectivity index (χ3n) is 5.87. The SMILES string of the molecule is Cc1cc(C(c2cc(C)c(O)c(C)c2)C2CCCCC2)cc(C)c1O. The Bertz CT molecular complexity index is 666. The van der Waals surface area contributed by atoms with E-state index in [9.17, 15) is 10.2 Å². The second-order valence-electron chi connectivity index (χ2n) is 7.88. The number of hydrogen-bond acceptors (Lipinski definition) is 2. The lowest BCUT2D eigenvalue weighted by Crippen LogP contribution is -2.18. The van der Waals surface area contributed by atoms with Crippen LogP contribution in [0.4, 0.5) is 0 Å². The quantitative estimate of drug-likeness (QED) is 0.716. The summed E-state index contributed by atoms with van der Waals surface area (Å²) < 4.78 is 0. The average Bonchev–Trinajstić information content (AvgIpc) is 2.58. The second-order valence-corrected chi connectivity index (χ2v) is 7.88. The predicted octanol–water partition coefficient (Wildman–Crippen LogP) is 6.04. The lowest BCUT2D eigenvalue weighted by molar-refractivity contribution is 0.327. The van der Waals surface area contributed by atoms with Crippen LogP contribution in [-0.4, -0.2) is 10.2 Å². The largest absolute Gasteiger partial charge is 0.507 e. The van der Waals surface area contributed by atoms with Gasteiger partial charge in [0.05, 0.1) is 0 Å². The molecule has 134 valence electrons. The molecule has 25 heavy (non-hydrogen) atoms. The van der Waals surface area contributed by atoms with Crippen LogP contribution in [-0.2, 0) is 0 Å². The van der Waals surface area contributed by atoms with Gasteiger partial charge in [-0.3, -0.25) is 0 Å². The van der Waals surface area contributed by atoms with Gasteiger partial charge >= 0.3 is 0 Å². The Morgan fingerprint density at radius 2 is 1.04 bits per heavy atom. The molecule has 0 bridgehead atoms. The summed E-state index contributed by atoms with van der Waals surface area (Å²) in [6, 6.07) is 8.61. The molecule has 1 aliphatic rings. The molecular weight excluding hydrogens is 308 g/mol. The topological polar surface area (TPSA) is 40.5 Å². The van der Waals surface area contributed by atoms with E-state index < -0.39 is 0 Å². The van der Waals surface area contributed by atoms with Crippen molar-refractivity contribution in [3.63, 3.8) is 0 Å². The van der Waals surface area contributed by atoms with Gasteiger partial charge in [-0.2, -0.15) is 0 Å². The molecule has 0 spiro atoms. The van der Waals surface area contributed by atoms with E-state index in [-0.39, 0.29) is 0 Å². The van der Waals surface area contributed by atoms with Crippen molar-refractivity contribution < 1.29 is 10.2 Å². The molecule has 3 rings (SSSR count). The number of phenolic OH excluding ortho intramolecular Hbond substituents is 2. The van der Waals surface area contributed by atoms with Crippen molar-refractivity contribution in [3.05, 3.63) is 57.6 Å². The standard InChI is InChI=1S/C23H30O2/c1-14-10-19(11-15(2)22(14)24)21(18-8-6-5-7-9-18)20-12-16(3)23(25)17(4)13-20/h10-13,18,21,24-25H,5-9H2,1-4H3. The van der Waals surface area contributed by atoms with E-state index >= 15 is 0 Å². The molecule has 2 aromatic rings. The normalized spacial score (nSPS) is 15.7. The van der Waals surface area contributed by atoms with Crippen molar-refractivity contribution >= 4 is 0 Å². The van der Waals surface area contributed by atoms with E-state index in [0.717, 1.165) is 22.3 Å². The van der Waals surface area contributed by atoms with E-state index in [1.807, 2.05) is 27.7 Å².